The number of nitrogens with zero attached hydrogens (tertiary/aromatic N) is 1. The molecule has 3 heteroatoms. The van der Waals surface area contributed by atoms with Crippen molar-refractivity contribution in [3.8, 4) is 0 Å². The molecule has 0 bridgehead atoms. The van der Waals surface area contributed by atoms with Gasteiger partial charge in [0.15, 0.2) is 0 Å². The summed E-state index contributed by atoms with van der Waals surface area (Å²) < 4.78 is 0. The van der Waals surface area contributed by atoms with Gasteiger partial charge >= 0.3 is 0 Å². The molecule has 2 N–H and O–H groups in total. The molecule has 1 aromatic heterocycles. The average molecular weight is 195 g/mol. The topological polar surface area (TPSA) is 38.9 Å². The molecule has 0 atom stereocenters. The van der Waals surface area contributed by atoms with Crippen LogP contribution >= 0.6 is 12.4 Å². The van der Waals surface area contributed by atoms with Gasteiger partial charge in [0.05, 0.1) is 5.52 Å². The number of hydrogen-bond donors (Lipinski definition) is 1. The second-order valence-electron chi connectivity index (χ2n) is 2.73. The van der Waals surface area contributed by atoms with E-state index in [1.54, 1.807) is 6.20 Å². The van der Waals surface area contributed by atoms with Crippen molar-refractivity contribution in [1.82, 2.24) is 4.98 Å². The number of rotatable bonds is 1. The number of hydrogen-bond acceptors (Lipinski definition) is 2. The van der Waals surface area contributed by atoms with Crippen LogP contribution in [0.3, 0.4) is 0 Å². The summed E-state index contributed by atoms with van der Waals surface area (Å²) in [4.78, 5) is 4.22. The van der Waals surface area contributed by atoms with Crippen molar-refractivity contribution in [3.05, 3.63) is 42.1 Å². The Morgan fingerprint density at radius 1 is 1.23 bits per heavy atom. The van der Waals surface area contributed by atoms with Gasteiger partial charge in [0.1, 0.15) is 0 Å². The highest BCUT2D eigenvalue weighted by atomic mass is 35.5. The Kier molecular flexibility index (Phi) is 3.23. The molecular weight excluding hydrogens is 184 g/mol. The van der Waals surface area contributed by atoms with Gasteiger partial charge in [-0.1, -0.05) is 12.1 Å². The molecule has 0 aliphatic carbocycles. The highest BCUT2D eigenvalue weighted by Gasteiger charge is 1.93. The van der Waals surface area contributed by atoms with Crippen molar-refractivity contribution in [1.29, 1.82) is 0 Å². The van der Waals surface area contributed by atoms with Crippen molar-refractivity contribution in [2.75, 3.05) is 0 Å². The predicted molar refractivity (Wildman–Crippen MR) is 56.9 cm³/mol. The van der Waals surface area contributed by atoms with Crippen LogP contribution in [-0.2, 0) is 6.54 Å². The first kappa shape index (κ1) is 9.96. The van der Waals surface area contributed by atoms with E-state index in [-0.39, 0.29) is 12.4 Å². The molecule has 0 saturated carbocycles. The molecule has 13 heavy (non-hydrogen) atoms. The van der Waals surface area contributed by atoms with Crippen LogP contribution in [0, 0.1) is 0 Å². The van der Waals surface area contributed by atoms with E-state index in [1.165, 1.54) is 0 Å². The van der Waals surface area contributed by atoms with Gasteiger partial charge < -0.3 is 5.73 Å². The quantitative estimate of drug-likeness (QED) is 0.756. The predicted octanol–water partition coefficient (Wildman–Crippen LogP) is 2.12. The van der Waals surface area contributed by atoms with Gasteiger partial charge in [-0.25, -0.2) is 0 Å². The molecule has 0 aliphatic rings. The molecule has 2 rings (SSSR count). The first-order valence-electron chi connectivity index (χ1n) is 3.94. The van der Waals surface area contributed by atoms with E-state index in [0.717, 1.165) is 16.5 Å². The third-order valence-corrected chi connectivity index (χ3v) is 1.90. The average Bonchev–Trinajstić information content (AvgIpc) is 2.17. The second kappa shape index (κ2) is 4.21. The van der Waals surface area contributed by atoms with Crippen LogP contribution < -0.4 is 5.73 Å². The van der Waals surface area contributed by atoms with Crippen molar-refractivity contribution in [2.24, 2.45) is 5.73 Å². The van der Waals surface area contributed by atoms with Crippen molar-refractivity contribution in [2.45, 2.75) is 6.54 Å². The van der Waals surface area contributed by atoms with Gasteiger partial charge in [-0.15, -0.1) is 12.4 Å². The number of fused-ring (bicyclic) bond motifs is 1. The number of pyridine rings is 1. The summed E-state index contributed by atoms with van der Waals surface area (Å²) in [5, 5.41) is 1.15. The molecule has 0 unspecified atom stereocenters. The van der Waals surface area contributed by atoms with Gasteiger partial charge in [0.25, 0.3) is 0 Å². The Morgan fingerprint density at radius 2 is 2.08 bits per heavy atom. The van der Waals surface area contributed by atoms with Crippen LogP contribution in [0.1, 0.15) is 5.56 Å². The normalized spacial score (nSPS) is 9.62. The summed E-state index contributed by atoms with van der Waals surface area (Å²) >= 11 is 0. The summed E-state index contributed by atoms with van der Waals surface area (Å²) in [5.74, 6) is 0. The van der Waals surface area contributed by atoms with Crippen molar-refractivity contribution < 1.29 is 0 Å². The minimum Gasteiger partial charge on any atom is -0.326 e. The van der Waals surface area contributed by atoms with Crippen LogP contribution in [-0.4, -0.2) is 4.98 Å². The van der Waals surface area contributed by atoms with Crippen LogP contribution in [0.15, 0.2) is 36.5 Å². The van der Waals surface area contributed by atoms with Crippen LogP contribution in [0.4, 0.5) is 0 Å². The van der Waals surface area contributed by atoms with E-state index in [0.29, 0.717) is 6.54 Å². The SMILES string of the molecule is Cl.NCc1ccc2ncccc2c1. The lowest BCUT2D eigenvalue weighted by Gasteiger charge is -1.98. The van der Waals surface area contributed by atoms with Gasteiger partial charge in [0, 0.05) is 18.1 Å². The molecule has 1 aromatic carbocycles. The Labute approximate surface area is 83.2 Å². The van der Waals surface area contributed by atoms with E-state index in [1.807, 2.05) is 24.3 Å². The summed E-state index contributed by atoms with van der Waals surface area (Å²) in [7, 11) is 0. The van der Waals surface area contributed by atoms with Crippen molar-refractivity contribution in [3.63, 3.8) is 0 Å². The fourth-order valence-corrected chi connectivity index (χ4v) is 1.25. The molecule has 0 radical (unpaired) electrons. The van der Waals surface area contributed by atoms with Crippen LogP contribution in [0.5, 0.6) is 0 Å². The van der Waals surface area contributed by atoms with Gasteiger partial charge in [0.2, 0.25) is 0 Å². The molecule has 0 fully saturated rings. The summed E-state index contributed by atoms with van der Waals surface area (Å²) in [6.45, 7) is 0.588. The maximum Gasteiger partial charge on any atom is 0.0702 e. The van der Waals surface area contributed by atoms with Crippen LogP contribution in [0.2, 0.25) is 0 Å². The lowest BCUT2D eigenvalue weighted by atomic mass is 10.1. The molecule has 0 aliphatic heterocycles. The number of halogens is 1. The molecule has 0 amide bonds. The highest BCUT2D eigenvalue weighted by Crippen LogP contribution is 2.12. The monoisotopic (exact) mass is 194 g/mol. The molecule has 0 saturated heterocycles. The fourth-order valence-electron chi connectivity index (χ4n) is 1.25. The minimum atomic E-state index is 0. The maximum atomic E-state index is 5.52. The summed E-state index contributed by atoms with van der Waals surface area (Å²) in [5.41, 5.74) is 7.69. The van der Waals surface area contributed by atoms with Gasteiger partial charge in [-0.3, -0.25) is 4.98 Å². The van der Waals surface area contributed by atoms with E-state index in [2.05, 4.69) is 11.1 Å². The second-order valence-corrected chi connectivity index (χ2v) is 2.73. The summed E-state index contributed by atoms with van der Waals surface area (Å²) in [6.07, 6.45) is 1.80. The Balaban J connectivity index is 0.000000845. The van der Waals surface area contributed by atoms with Crippen molar-refractivity contribution >= 4 is 23.3 Å². The summed E-state index contributed by atoms with van der Waals surface area (Å²) in [6, 6.07) is 10.1. The van der Waals surface area contributed by atoms with E-state index in [4.69, 9.17) is 5.73 Å². The maximum absolute atomic E-state index is 5.52. The third kappa shape index (κ3) is 1.97. The Hall–Kier alpha value is -1.12. The zero-order valence-corrected chi connectivity index (χ0v) is 7.92. The van der Waals surface area contributed by atoms with Gasteiger partial charge in [-0.05, 0) is 23.8 Å². The molecular formula is C10H11ClN2. The molecule has 68 valence electrons. The highest BCUT2D eigenvalue weighted by molar-refractivity contribution is 5.85. The zero-order chi connectivity index (χ0) is 8.39. The Bertz CT molecular complexity index is 401. The van der Waals surface area contributed by atoms with Gasteiger partial charge in [-0.2, -0.15) is 0 Å². The lowest BCUT2D eigenvalue weighted by molar-refractivity contribution is 1.07. The largest absolute Gasteiger partial charge is 0.326 e. The molecule has 2 aromatic rings. The molecule has 1 heterocycles. The van der Waals surface area contributed by atoms with E-state index >= 15 is 0 Å². The minimum absolute atomic E-state index is 0. The number of nitrogens with two attached hydrogens (primary N) is 1. The Morgan fingerprint density at radius 3 is 2.85 bits per heavy atom. The van der Waals surface area contributed by atoms with E-state index in [9.17, 15) is 0 Å². The molecule has 0 spiro atoms. The number of aromatic nitrogens is 1. The first-order valence-corrected chi connectivity index (χ1v) is 3.94. The zero-order valence-electron chi connectivity index (χ0n) is 7.10. The van der Waals surface area contributed by atoms with Crippen LogP contribution in [0.25, 0.3) is 10.9 Å². The number of benzene rings is 1. The molecule has 2 nitrogen and oxygen atoms in total. The first-order chi connectivity index (χ1) is 5.90. The smallest absolute Gasteiger partial charge is 0.0702 e. The third-order valence-electron chi connectivity index (χ3n) is 1.90. The fraction of sp³-hybridized carbons (Fsp3) is 0.100. The van der Waals surface area contributed by atoms with E-state index < -0.39 is 0 Å². The standard InChI is InChI=1S/C10H10N2.ClH/c11-7-8-3-4-10-9(6-8)2-1-5-12-10;/h1-6H,7,11H2;1H. The lowest BCUT2D eigenvalue weighted by Crippen LogP contribution is -1.95.